The number of hydrogen-bond acceptors (Lipinski definition) is 4. The van der Waals surface area contributed by atoms with E-state index >= 15 is 4.39 Å². The standard InChI is InChI=1S/C32H30F2N6OS.H2/c1-4-22(30-36-15-16-38(30)3)19-29-21(2)23(13-14-35-29)5-6-24-7-10-26(20-28(24)34)37-31(42)40-18-17-39(32(40)41)27-11-8-25(33)9-12-27;/h5-16,19-20H,4,17-18H2,1-3H3,(H,37,42);1H/b6-5-,22-19+;. The van der Waals surface area contributed by atoms with Crippen LogP contribution in [-0.2, 0) is 7.05 Å². The summed E-state index contributed by atoms with van der Waals surface area (Å²) in [7, 11) is 1.96. The Balaban J connectivity index is 0.00000423. The maximum atomic E-state index is 15.1. The number of anilines is 2. The van der Waals surface area contributed by atoms with Gasteiger partial charge in [-0.25, -0.2) is 18.6 Å². The van der Waals surface area contributed by atoms with E-state index in [2.05, 4.69) is 22.2 Å². The van der Waals surface area contributed by atoms with Gasteiger partial charge < -0.3 is 9.88 Å². The number of rotatable bonds is 7. The molecule has 0 unspecified atom stereocenters. The molecule has 0 radical (unpaired) electrons. The number of urea groups is 1. The number of aryl methyl sites for hydroxylation is 1. The van der Waals surface area contributed by atoms with E-state index in [9.17, 15) is 9.18 Å². The minimum atomic E-state index is -0.436. The Morgan fingerprint density at radius 3 is 2.50 bits per heavy atom. The van der Waals surface area contributed by atoms with Crippen LogP contribution < -0.4 is 10.2 Å². The molecular formula is C32H32F2N6OS. The number of carbonyl (C=O) groups is 1. The van der Waals surface area contributed by atoms with Gasteiger partial charge in [-0.2, -0.15) is 0 Å². The zero-order valence-electron chi connectivity index (χ0n) is 23.5. The quantitative estimate of drug-likeness (QED) is 0.229. The fourth-order valence-electron chi connectivity index (χ4n) is 4.76. The number of pyridine rings is 1. The van der Waals surface area contributed by atoms with Crippen molar-refractivity contribution < 1.29 is 15.0 Å². The fraction of sp³-hybridized carbons (Fsp3) is 0.188. The lowest BCUT2D eigenvalue weighted by Gasteiger charge is -2.20. The minimum absolute atomic E-state index is 0. The molecule has 5 rings (SSSR count). The van der Waals surface area contributed by atoms with E-state index in [1.54, 1.807) is 42.7 Å². The Labute approximate surface area is 250 Å². The zero-order chi connectivity index (χ0) is 29.8. The summed E-state index contributed by atoms with van der Waals surface area (Å²) in [4.78, 5) is 24.8. The summed E-state index contributed by atoms with van der Waals surface area (Å²) in [6.45, 7) is 4.83. The van der Waals surface area contributed by atoms with Gasteiger partial charge in [-0.3, -0.25) is 14.8 Å². The van der Waals surface area contributed by atoms with Gasteiger partial charge in [0.2, 0.25) is 0 Å². The van der Waals surface area contributed by atoms with Crippen LogP contribution in [0.1, 0.15) is 43.0 Å². The van der Waals surface area contributed by atoms with E-state index in [1.165, 1.54) is 28.0 Å². The van der Waals surface area contributed by atoms with Crippen LogP contribution in [0, 0.1) is 18.6 Å². The Morgan fingerprint density at radius 1 is 1.05 bits per heavy atom. The van der Waals surface area contributed by atoms with Crippen molar-refractivity contribution in [1.82, 2.24) is 19.4 Å². The first kappa shape index (κ1) is 28.8. The predicted octanol–water partition coefficient (Wildman–Crippen LogP) is 7.41. The maximum absolute atomic E-state index is 15.1. The molecule has 2 aromatic heterocycles. The van der Waals surface area contributed by atoms with Crippen molar-refractivity contribution >= 4 is 58.5 Å². The third kappa shape index (κ3) is 6.13. The molecule has 1 aliphatic heterocycles. The molecule has 2 amide bonds. The highest BCUT2D eigenvalue weighted by atomic mass is 32.1. The van der Waals surface area contributed by atoms with Crippen LogP contribution in [0.15, 0.2) is 67.1 Å². The van der Waals surface area contributed by atoms with Crippen LogP contribution in [0.25, 0.3) is 23.8 Å². The molecule has 0 spiro atoms. The molecule has 1 aliphatic rings. The van der Waals surface area contributed by atoms with E-state index in [0.717, 1.165) is 34.6 Å². The van der Waals surface area contributed by atoms with Gasteiger partial charge in [0.25, 0.3) is 0 Å². The lowest BCUT2D eigenvalue weighted by atomic mass is 10.0. The summed E-state index contributed by atoms with van der Waals surface area (Å²) in [5.74, 6) is 0.0866. The van der Waals surface area contributed by atoms with Crippen molar-refractivity contribution in [2.24, 2.45) is 7.05 Å². The van der Waals surface area contributed by atoms with E-state index in [4.69, 9.17) is 12.2 Å². The Bertz CT molecular complexity index is 1700. The summed E-state index contributed by atoms with van der Waals surface area (Å²) < 4.78 is 30.3. The van der Waals surface area contributed by atoms with Gasteiger partial charge in [-0.05, 0) is 96.9 Å². The van der Waals surface area contributed by atoms with Crippen LogP contribution in [0.3, 0.4) is 0 Å². The van der Waals surface area contributed by atoms with Crippen molar-refractivity contribution in [2.45, 2.75) is 20.3 Å². The molecular weight excluding hydrogens is 554 g/mol. The fourth-order valence-corrected chi connectivity index (χ4v) is 5.04. The van der Waals surface area contributed by atoms with Crippen LogP contribution in [0.2, 0.25) is 0 Å². The Morgan fingerprint density at radius 2 is 1.81 bits per heavy atom. The predicted molar refractivity (Wildman–Crippen MR) is 170 cm³/mol. The number of allylic oxidation sites excluding steroid dienone is 1. The van der Waals surface area contributed by atoms with Gasteiger partial charge in [0, 0.05) is 57.1 Å². The molecule has 0 aliphatic carbocycles. The smallest absolute Gasteiger partial charge is 0.330 e. The lowest BCUT2D eigenvalue weighted by molar-refractivity contribution is 0.238. The van der Waals surface area contributed by atoms with Crippen LogP contribution in [-0.4, -0.2) is 43.7 Å². The average molecular weight is 587 g/mol. The van der Waals surface area contributed by atoms with E-state index < -0.39 is 5.82 Å². The summed E-state index contributed by atoms with van der Waals surface area (Å²) in [5, 5.41) is 3.12. The van der Waals surface area contributed by atoms with E-state index in [1.807, 2.05) is 43.0 Å². The first-order valence-corrected chi connectivity index (χ1v) is 13.9. The van der Waals surface area contributed by atoms with Gasteiger partial charge >= 0.3 is 6.03 Å². The number of imidazole rings is 1. The minimum Gasteiger partial charge on any atom is -0.334 e. The molecule has 2 aromatic carbocycles. The Hall–Kier alpha value is -4.70. The lowest BCUT2D eigenvalue weighted by Crippen LogP contribution is -2.38. The van der Waals surface area contributed by atoms with E-state index in [0.29, 0.717) is 30.0 Å². The number of aromatic nitrogens is 3. The normalized spacial score (nSPS) is 13.8. The monoisotopic (exact) mass is 586 g/mol. The first-order chi connectivity index (χ1) is 20.2. The largest absolute Gasteiger partial charge is 0.334 e. The average Bonchev–Trinajstić information content (AvgIpc) is 3.58. The number of amides is 2. The molecule has 4 aromatic rings. The maximum Gasteiger partial charge on any atom is 0.330 e. The summed E-state index contributed by atoms with van der Waals surface area (Å²) in [6.07, 6.45) is 11.9. The number of carbonyl (C=O) groups excluding carboxylic acids is 1. The molecule has 0 bridgehead atoms. The summed E-state index contributed by atoms with van der Waals surface area (Å²) in [5.41, 5.74) is 5.22. The van der Waals surface area contributed by atoms with Crippen LogP contribution >= 0.6 is 12.2 Å². The zero-order valence-corrected chi connectivity index (χ0v) is 24.3. The van der Waals surface area contributed by atoms with Gasteiger partial charge in [-0.1, -0.05) is 19.1 Å². The highest BCUT2D eigenvalue weighted by molar-refractivity contribution is 7.80. The SMILES string of the molecule is CC/C(=C\c1nccc(/C=C\c2ccc(NC(=S)N3CCN(c4ccc(F)cc4)C3=O)cc2F)c1C)c1nccn1C.[HH]. The number of nitrogens with zero attached hydrogens (tertiary/aromatic N) is 5. The number of halogens is 2. The molecule has 1 fully saturated rings. The molecule has 1 saturated heterocycles. The van der Waals surface area contributed by atoms with Crippen LogP contribution in [0.5, 0.6) is 0 Å². The highest BCUT2D eigenvalue weighted by Gasteiger charge is 2.32. The number of benzene rings is 2. The van der Waals surface area contributed by atoms with Crippen molar-refractivity contribution in [1.29, 1.82) is 0 Å². The molecule has 3 heterocycles. The van der Waals surface area contributed by atoms with Crippen molar-refractivity contribution in [3.8, 4) is 0 Å². The number of thiocarbonyl (C=S) groups is 1. The van der Waals surface area contributed by atoms with Crippen molar-refractivity contribution in [3.05, 3.63) is 107 Å². The first-order valence-electron chi connectivity index (χ1n) is 13.5. The van der Waals surface area contributed by atoms with Gasteiger partial charge in [0.1, 0.15) is 17.5 Å². The molecule has 1 N–H and O–H groups in total. The van der Waals surface area contributed by atoms with Crippen LogP contribution in [0.4, 0.5) is 25.0 Å². The third-order valence-corrected chi connectivity index (χ3v) is 7.49. The summed E-state index contributed by atoms with van der Waals surface area (Å²) in [6, 6.07) is 12.0. The van der Waals surface area contributed by atoms with Crippen molar-refractivity contribution in [2.75, 3.05) is 23.3 Å². The number of nitrogens with one attached hydrogen (secondary N) is 1. The molecule has 216 valence electrons. The third-order valence-electron chi connectivity index (χ3n) is 7.17. The number of hydrogen-bond donors (Lipinski definition) is 1. The molecule has 0 atom stereocenters. The molecule has 42 heavy (non-hydrogen) atoms. The topological polar surface area (TPSA) is 66.3 Å². The Kier molecular flexibility index (Phi) is 8.53. The van der Waals surface area contributed by atoms with Crippen molar-refractivity contribution in [3.63, 3.8) is 0 Å². The second-order valence-electron chi connectivity index (χ2n) is 9.86. The second-order valence-corrected chi connectivity index (χ2v) is 10.2. The highest BCUT2D eigenvalue weighted by Crippen LogP contribution is 2.25. The van der Waals surface area contributed by atoms with E-state index in [-0.39, 0.29) is 18.4 Å². The van der Waals surface area contributed by atoms with Gasteiger partial charge in [-0.15, -0.1) is 0 Å². The molecule has 7 nitrogen and oxygen atoms in total. The molecule has 0 saturated carbocycles. The van der Waals surface area contributed by atoms with Gasteiger partial charge in [0.05, 0.1) is 5.69 Å². The summed E-state index contributed by atoms with van der Waals surface area (Å²) >= 11 is 5.44. The molecule has 10 heteroatoms. The second kappa shape index (κ2) is 12.4. The van der Waals surface area contributed by atoms with Gasteiger partial charge in [0.15, 0.2) is 5.11 Å².